The van der Waals surface area contributed by atoms with Crippen LogP contribution in [0, 0.1) is 13.8 Å². The first-order chi connectivity index (χ1) is 9.74. The summed E-state index contributed by atoms with van der Waals surface area (Å²) in [6, 6.07) is 5.25. The fourth-order valence-electron chi connectivity index (χ4n) is 1.74. The fraction of sp³-hybridized carbons (Fsp3) is 0.500. The first-order valence-corrected chi connectivity index (χ1v) is 6.39. The van der Waals surface area contributed by atoms with E-state index in [2.05, 4.69) is 0 Å². The van der Waals surface area contributed by atoms with E-state index in [0.717, 1.165) is 11.1 Å². The van der Waals surface area contributed by atoms with Gasteiger partial charge in [0.25, 0.3) is 5.91 Å². The molecule has 0 radical (unpaired) electrons. The Hall–Kier alpha value is -1.76. The molecule has 0 aliphatic carbocycles. The highest BCUT2D eigenvalue weighted by Gasteiger charge is 2.32. The molecule has 0 saturated carbocycles. The van der Waals surface area contributed by atoms with E-state index in [1.165, 1.54) is 0 Å². The maximum absolute atomic E-state index is 12.4. The van der Waals surface area contributed by atoms with Crippen molar-refractivity contribution in [3.05, 3.63) is 29.3 Å². The van der Waals surface area contributed by atoms with Gasteiger partial charge in [-0.1, -0.05) is 12.1 Å². The normalized spacial score (nSPS) is 11.3. The first kappa shape index (κ1) is 17.3. The minimum Gasteiger partial charge on any atom is -0.483 e. The smallest absolute Gasteiger partial charge is 0.406 e. The van der Waals surface area contributed by atoms with E-state index in [9.17, 15) is 18.0 Å². The molecule has 0 bridgehead atoms. The number of aliphatic hydroxyl groups is 1. The Morgan fingerprint density at radius 2 is 2.00 bits per heavy atom. The Labute approximate surface area is 121 Å². The number of hydrogen-bond donors (Lipinski definition) is 1. The molecule has 1 N–H and O–H groups in total. The molecule has 0 saturated heterocycles. The molecule has 7 heteroatoms. The number of halogens is 3. The Morgan fingerprint density at radius 1 is 1.33 bits per heavy atom. The van der Waals surface area contributed by atoms with Gasteiger partial charge in [0.2, 0.25) is 0 Å². The first-order valence-electron chi connectivity index (χ1n) is 6.39. The molecule has 0 aliphatic rings. The van der Waals surface area contributed by atoms with Crippen molar-refractivity contribution in [3.8, 4) is 5.75 Å². The number of nitrogens with zero attached hydrogens (tertiary/aromatic N) is 1. The van der Waals surface area contributed by atoms with Gasteiger partial charge >= 0.3 is 6.18 Å². The van der Waals surface area contributed by atoms with Gasteiger partial charge in [0.15, 0.2) is 6.61 Å². The number of benzene rings is 1. The third kappa shape index (κ3) is 5.63. The number of carbonyl (C=O) groups excluding carboxylic acids is 1. The average Bonchev–Trinajstić information content (AvgIpc) is 2.38. The molecule has 1 amide bonds. The van der Waals surface area contributed by atoms with Crippen LogP contribution in [0.2, 0.25) is 0 Å². The molecule has 118 valence electrons. The second-order valence-electron chi connectivity index (χ2n) is 4.64. The zero-order chi connectivity index (χ0) is 16.0. The van der Waals surface area contributed by atoms with E-state index in [1.807, 2.05) is 13.0 Å². The number of hydrogen-bond acceptors (Lipinski definition) is 3. The van der Waals surface area contributed by atoms with Gasteiger partial charge in [-0.15, -0.1) is 0 Å². The van der Waals surface area contributed by atoms with Gasteiger partial charge < -0.3 is 14.7 Å². The van der Waals surface area contributed by atoms with Crippen molar-refractivity contribution in [3.63, 3.8) is 0 Å². The van der Waals surface area contributed by atoms with Crippen LogP contribution in [-0.4, -0.2) is 48.4 Å². The lowest BCUT2D eigenvalue weighted by atomic mass is 10.1. The van der Waals surface area contributed by atoms with E-state index in [-0.39, 0.29) is 6.54 Å². The lowest BCUT2D eigenvalue weighted by Crippen LogP contribution is -2.42. The molecule has 0 heterocycles. The number of ether oxygens (including phenoxy) is 1. The lowest BCUT2D eigenvalue weighted by Gasteiger charge is -2.23. The summed E-state index contributed by atoms with van der Waals surface area (Å²) in [4.78, 5) is 12.3. The molecule has 1 aromatic carbocycles. The third-order valence-electron chi connectivity index (χ3n) is 3.00. The summed E-state index contributed by atoms with van der Waals surface area (Å²) in [5.41, 5.74) is 1.79. The molecule has 0 unspecified atom stereocenters. The van der Waals surface area contributed by atoms with Gasteiger partial charge in [-0.3, -0.25) is 4.79 Å². The third-order valence-corrected chi connectivity index (χ3v) is 3.00. The summed E-state index contributed by atoms with van der Waals surface area (Å²) in [7, 11) is 0. The van der Waals surface area contributed by atoms with Crippen LogP contribution in [0.5, 0.6) is 5.75 Å². The summed E-state index contributed by atoms with van der Waals surface area (Å²) in [5.74, 6) is -0.360. The summed E-state index contributed by atoms with van der Waals surface area (Å²) in [5, 5.41) is 8.75. The van der Waals surface area contributed by atoms with Crippen molar-refractivity contribution in [1.29, 1.82) is 0 Å². The highest BCUT2D eigenvalue weighted by molar-refractivity contribution is 5.77. The Balaban J connectivity index is 2.67. The molecule has 21 heavy (non-hydrogen) atoms. The molecule has 1 rings (SSSR count). The number of aryl methyl sites for hydroxylation is 1. The number of carbonyl (C=O) groups is 1. The van der Waals surface area contributed by atoms with E-state index in [1.54, 1.807) is 19.1 Å². The molecule has 0 atom stereocenters. The Morgan fingerprint density at radius 3 is 2.57 bits per heavy atom. The molecule has 4 nitrogen and oxygen atoms in total. The number of alkyl halides is 3. The quantitative estimate of drug-likeness (QED) is 0.875. The van der Waals surface area contributed by atoms with Crippen LogP contribution >= 0.6 is 0 Å². The number of rotatable bonds is 6. The largest absolute Gasteiger partial charge is 0.483 e. The zero-order valence-corrected chi connectivity index (χ0v) is 11.9. The van der Waals surface area contributed by atoms with E-state index < -0.39 is 31.8 Å². The van der Waals surface area contributed by atoms with Crippen molar-refractivity contribution in [2.45, 2.75) is 20.0 Å². The molecule has 0 aliphatic heterocycles. The standard InChI is InChI=1S/C14H18F3NO3/c1-10-4-3-5-12(11(10)2)21-8-13(20)18(6-7-19)9-14(15,16)17/h3-5,19H,6-9H2,1-2H3. The van der Waals surface area contributed by atoms with Gasteiger partial charge in [0, 0.05) is 6.54 Å². The minimum atomic E-state index is -4.51. The zero-order valence-electron chi connectivity index (χ0n) is 11.9. The van der Waals surface area contributed by atoms with E-state index >= 15 is 0 Å². The molecular formula is C14H18F3NO3. The van der Waals surface area contributed by atoms with Gasteiger partial charge in [-0.25, -0.2) is 0 Å². The number of amides is 1. The molecule has 0 spiro atoms. The lowest BCUT2D eigenvalue weighted by molar-refractivity contribution is -0.163. The molecule has 0 aromatic heterocycles. The predicted molar refractivity (Wildman–Crippen MR) is 71.1 cm³/mol. The SMILES string of the molecule is Cc1cccc(OCC(=O)N(CCO)CC(F)(F)F)c1C. The van der Waals surface area contributed by atoms with Crippen molar-refractivity contribution < 1.29 is 27.8 Å². The monoisotopic (exact) mass is 305 g/mol. The maximum atomic E-state index is 12.4. The van der Waals surface area contributed by atoms with Crippen molar-refractivity contribution in [2.75, 3.05) is 26.3 Å². The van der Waals surface area contributed by atoms with E-state index in [0.29, 0.717) is 10.6 Å². The Kier molecular flexibility index (Phi) is 6.02. The summed E-state index contributed by atoms with van der Waals surface area (Å²) in [6.07, 6.45) is -4.51. The fourth-order valence-corrected chi connectivity index (χ4v) is 1.74. The van der Waals surface area contributed by atoms with Crippen molar-refractivity contribution >= 4 is 5.91 Å². The summed E-state index contributed by atoms with van der Waals surface area (Å²) < 4.78 is 42.3. The second-order valence-corrected chi connectivity index (χ2v) is 4.64. The van der Waals surface area contributed by atoms with Crippen molar-refractivity contribution in [2.24, 2.45) is 0 Å². The maximum Gasteiger partial charge on any atom is 0.406 e. The summed E-state index contributed by atoms with van der Waals surface area (Å²) in [6.45, 7) is 0.852. The minimum absolute atomic E-state index is 0.380. The molecule has 0 fully saturated rings. The highest BCUT2D eigenvalue weighted by Crippen LogP contribution is 2.21. The van der Waals surface area contributed by atoms with Crippen LogP contribution in [-0.2, 0) is 4.79 Å². The predicted octanol–water partition coefficient (Wildman–Crippen LogP) is 2.07. The van der Waals surface area contributed by atoms with E-state index in [4.69, 9.17) is 9.84 Å². The highest BCUT2D eigenvalue weighted by atomic mass is 19.4. The number of aliphatic hydroxyl groups excluding tert-OH is 1. The second kappa shape index (κ2) is 7.31. The van der Waals surface area contributed by atoms with Crippen molar-refractivity contribution in [1.82, 2.24) is 4.90 Å². The van der Waals surface area contributed by atoms with Gasteiger partial charge in [-0.05, 0) is 31.0 Å². The van der Waals surface area contributed by atoms with Crippen LogP contribution in [0.4, 0.5) is 13.2 Å². The van der Waals surface area contributed by atoms with Gasteiger partial charge in [0.1, 0.15) is 12.3 Å². The van der Waals surface area contributed by atoms with Crippen LogP contribution in [0.3, 0.4) is 0 Å². The topological polar surface area (TPSA) is 49.8 Å². The van der Waals surface area contributed by atoms with Crippen LogP contribution in [0.15, 0.2) is 18.2 Å². The van der Waals surface area contributed by atoms with Gasteiger partial charge in [-0.2, -0.15) is 13.2 Å². The van der Waals surface area contributed by atoms with Gasteiger partial charge in [0.05, 0.1) is 6.61 Å². The van der Waals surface area contributed by atoms with Crippen LogP contribution in [0.1, 0.15) is 11.1 Å². The van der Waals surface area contributed by atoms with Crippen LogP contribution in [0.25, 0.3) is 0 Å². The average molecular weight is 305 g/mol. The Bertz CT molecular complexity index is 489. The molecular weight excluding hydrogens is 287 g/mol. The molecule has 1 aromatic rings. The van der Waals surface area contributed by atoms with Crippen LogP contribution < -0.4 is 4.74 Å². The summed E-state index contributed by atoms with van der Waals surface area (Å²) >= 11 is 0.